The first-order valence-electron chi connectivity index (χ1n) is 2.84. The highest BCUT2D eigenvalue weighted by Gasteiger charge is 1.96. The van der Waals surface area contributed by atoms with E-state index in [1.54, 1.807) is 6.07 Å². The van der Waals surface area contributed by atoms with Crippen LogP contribution in [-0.2, 0) is 9.63 Å². The molecule has 1 N–H and O–H groups in total. The number of amides is 1. The van der Waals surface area contributed by atoms with Crippen LogP contribution in [0.4, 0.5) is 0 Å². The van der Waals surface area contributed by atoms with Crippen molar-refractivity contribution < 1.29 is 9.63 Å². The lowest BCUT2D eigenvalue weighted by Crippen LogP contribution is -2.22. The van der Waals surface area contributed by atoms with Crippen molar-refractivity contribution in [3.05, 3.63) is 11.6 Å². The molecule has 0 aromatic heterocycles. The number of nitrogens with one attached hydrogen (secondary N) is 1. The number of rotatable bonds is 4. The van der Waals surface area contributed by atoms with Crippen molar-refractivity contribution in [2.45, 2.75) is 6.42 Å². The summed E-state index contributed by atoms with van der Waals surface area (Å²) in [5.74, 6) is -0.463. The number of hydrogen-bond acceptors (Lipinski definition) is 3. The average Bonchev–Trinajstić information content (AvgIpc) is 1.99. The molecule has 4 nitrogen and oxygen atoms in total. The van der Waals surface area contributed by atoms with E-state index in [9.17, 15) is 4.79 Å². The Balaban J connectivity index is 3.26. The van der Waals surface area contributed by atoms with E-state index in [1.807, 2.05) is 5.48 Å². The summed E-state index contributed by atoms with van der Waals surface area (Å²) in [6, 6.07) is 1.67. The predicted molar refractivity (Wildman–Crippen MR) is 39.3 cm³/mol. The Morgan fingerprint density at radius 1 is 1.82 bits per heavy atom. The molecule has 0 saturated carbocycles. The minimum absolute atomic E-state index is 0.195. The zero-order chi connectivity index (χ0) is 8.53. The van der Waals surface area contributed by atoms with E-state index >= 15 is 0 Å². The molecule has 0 spiro atoms. The topological polar surface area (TPSA) is 62.1 Å². The molecule has 0 rings (SSSR count). The Bertz CT molecular complexity index is 186. The third-order valence-corrected chi connectivity index (χ3v) is 0.872. The zero-order valence-electron chi connectivity index (χ0n) is 5.71. The Morgan fingerprint density at radius 2 is 2.55 bits per heavy atom. The van der Waals surface area contributed by atoms with Crippen molar-refractivity contribution in [2.24, 2.45) is 0 Å². The average molecular weight is 175 g/mol. The van der Waals surface area contributed by atoms with E-state index < -0.39 is 5.91 Å². The summed E-state index contributed by atoms with van der Waals surface area (Å²) in [7, 11) is 0. The Kier molecular flexibility index (Phi) is 6.39. The van der Waals surface area contributed by atoms with Crippen LogP contribution in [0.5, 0.6) is 0 Å². The maximum absolute atomic E-state index is 10.5. The molecule has 0 aromatic carbocycles. The first-order chi connectivity index (χ1) is 5.31. The number of carbonyl (C=O) groups excluding carboxylic acids is 1. The molecule has 0 aliphatic rings. The highest BCUT2D eigenvalue weighted by Crippen LogP contribution is 1.79. The van der Waals surface area contributed by atoms with E-state index in [-0.39, 0.29) is 13.0 Å². The van der Waals surface area contributed by atoms with Crippen LogP contribution in [0.3, 0.4) is 0 Å². The van der Waals surface area contributed by atoms with Crippen molar-refractivity contribution in [1.29, 1.82) is 5.26 Å². The van der Waals surface area contributed by atoms with Crippen LogP contribution in [0.1, 0.15) is 6.42 Å². The van der Waals surface area contributed by atoms with Gasteiger partial charge in [-0.15, -0.1) is 0 Å². The molecule has 0 aliphatic heterocycles. The van der Waals surface area contributed by atoms with Crippen LogP contribution in [0.2, 0.25) is 0 Å². The Morgan fingerprint density at radius 3 is 3.09 bits per heavy atom. The van der Waals surface area contributed by atoms with Crippen LogP contribution in [-0.4, -0.2) is 12.5 Å². The van der Waals surface area contributed by atoms with Gasteiger partial charge in [0.15, 0.2) is 0 Å². The first kappa shape index (κ1) is 9.95. The molecule has 11 heavy (non-hydrogen) atoms. The minimum Gasteiger partial charge on any atom is -0.272 e. The van der Waals surface area contributed by atoms with E-state index in [2.05, 4.69) is 4.84 Å². The lowest BCUT2D eigenvalue weighted by atomic mass is 10.5. The molecule has 0 bridgehead atoms. The zero-order valence-corrected chi connectivity index (χ0v) is 6.47. The number of carbonyl (C=O) groups is 1. The smallest absolute Gasteiger partial charge is 0.257 e. The molecule has 0 heterocycles. The fraction of sp³-hybridized carbons (Fsp3) is 0.333. The Labute approximate surface area is 69.3 Å². The first-order valence-corrected chi connectivity index (χ1v) is 3.27. The van der Waals surface area contributed by atoms with Gasteiger partial charge in [-0.2, -0.15) is 5.26 Å². The van der Waals surface area contributed by atoms with Crippen LogP contribution < -0.4 is 5.48 Å². The van der Waals surface area contributed by atoms with E-state index in [4.69, 9.17) is 16.9 Å². The quantitative estimate of drug-likeness (QED) is 0.504. The summed E-state index contributed by atoms with van der Waals surface area (Å²) >= 11 is 5.15. The van der Waals surface area contributed by atoms with Crippen molar-refractivity contribution in [1.82, 2.24) is 5.48 Å². The molecule has 0 aromatic rings. The van der Waals surface area contributed by atoms with Gasteiger partial charge in [0.1, 0.15) is 6.42 Å². The van der Waals surface area contributed by atoms with Crippen LogP contribution in [0, 0.1) is 11.3 Å². The molecule has 0 saturated heterocycles. The van der Waals surface area contributed by atoms with E-state index in [1.165, 1.54) is 11.6 Å². The summed E-state index contributed by atoms with van der Waals surface area (Å²) < 4.78 is 0. The minimum atomic E-state index is -0.463. The van der Waals surface area contributed by atoms with Crippen molar-refractivity contribution in [3.8, 4) is 6.07 Å². The predicted octanol–water partition coefficient (Wildman–Crippen LogP) is 0.700. The lowest BCUT2D eigenvalue weighted by molar-refractivity contribution is -0.131. The Hall–Kier alpha value is -1.05. The third kappa shape index (κ3) is 6.84. The highest BCUT2D eigenvalue weighted by molar-refractivity contribution is 6.25. The maximum Gasteiger partial charge on any atom is 0.257 e. The molecule has 5 heteroatoms. The van der Waals surface area contributed by atoms with Gasteiger partial charge in [0.05, 0.1) is 12.7 Å². The molecule has 0 fully saturated rings. The summed E-state index contributed by atoms with van der Waals surface area (Å²) in [4.78, 5) is 15.1. The number of nitriles is 1. The number of nitrogens with zero attached hydrogens (tertiary/aromatic N) is 1. The van der Waals surface area contributed by atoms with Crippen molar-refractivity contribution in [2.75, 3.05) is 6.61 Å². The monoisotopic (exact) mass is 174 g/mol. The van der Waals surface area contributed by atoms with Gasteiger partial charge in [-0.25, -0.2) is 5.48 Å². The molecule has 60 valence electrons. The van der Waals surface area contributed by atoms with Gasteiger partial charge >= 0.3 is 0 Å². The molecule has 0 radical (unpaired) electrons. The number of hydroxylamine groups is 1. The van der Waals surface area contributed by atoms with Gasteiger partial charge in [-0.1, -0.05) is 11.6 Å². The van der Waals surface area contributed by atoms with E-state index in [0.717, 1.165) is 0 Å². The van der Waals surface area contributed by atoms with Gasteiger partial charge in [0, 0.05) is 5.54 Å². The molecule has 1 amide bonds. The summed E-state index contributed by atoms with van der Waals surface area (Å²) in [6.45, 7) is 0.195. The summed E-state index contributed by atoms with van der Waals surface area (Å²) in [5, 5.41) is 8.04. The highest BCUT2D eigenvalue weighted by atomic mass is 35.5. The van der Waals surface area contributed by atoms with E-state index in [0.29, 0.717) is 0 Å². The largest absolute Gasteiger partial charge is 0.272 e. The SMILES string of the molecule is N#CCC(=O)NOC/C=C/Cl. The molecule has 0 aliphatic carbocycles. The van der Waals surface area contributed by atoms with Crippen LogP contribution in [0.25, 0.3) is 0 Å². The van der Waals surface area contributed by atoms with Crippen molar-refractivity contribution >= 4 is 17.5 Å². The molecule has 0 unspecified atom stereocenters. The number of hydrogen-bond donors (Lipinski definition) is 1. The fourth-order valence-electron chi connectivity index (χ4n) is 0.315. The lowest BCUT2D eigenvalue weighted by Gasteiger charge is -1.98. The third-order valence-electron chi connectivity index (χ3n) is 0.694. The van der Waals surface area contributed by atoms with Gasteiger partial charge in [0.25, 0.3) is 5.91 Å². The normalized spacial score (nSPS) is 9.45. The molecular formula is C6H7ClN2O2. The molecule has 0 atom stereocenters. The molecular weight excluding hydrogens is 168 g/mol. The van der Waals surface area contributed by atoms with Gasteiger partial charge < -0.3 is 0 Å². The van der Waals surface area contributed by atoms with Crippen LogP contribution >= 0.6 is 11.6 Å². The number of halogens is 1. The van der Waals surface area contributed by atoms with Gasteiger partial charge in [-0.05, 0) is 6.08 Å². The second-order valence-corrected chi connectivity index (χ2v) is 1.78. The maximum atomic E-state index is 10.5. The summed E-state index contributed by atoms with van der Waals surface area (Å²) in [6.07, 6.45) is 1.30. The summed E-state index contributed by atoms with van der Waals surface area (Å²) in [5.41, 5.74) is 3.32. The second kappa shape index (κ2) is 7.06. The van der Waals surface area contributed by atoms with Gasteiger partial charge in [0.2, 0.25) is 0 Å². The standard InChI is InChI=1S/C6H7ClN2O2/c7-3-1-5-11-9-6(10)2-4-8/h1,3H,2,5H2,(H,9,10)/b3-1+. The van der Waals surface area contributed by atoms with Crippen LogP contribution in [0.15, 0.2) is 11.6 Å². The van der Waals surface area contributed by atoms with Crippen molar-refractivity contribution in [3.63, 3.8) is 0 Å². The second-order valence-electron chi connectivity index (χ2n) is 1.53. The fourth-order valence-corrected chi connectivity index (χ4v) is 0.387. The van der Waals surface area contributed by atoms with Gasteiger partial charge in [-0.3, -0.25) is 9.63 Å².